The Kier molecular flexibility index (Phi) is 5.85. The number of aromatic nitrogens is 1. The fourth-order valence-electron chi connectivity index (χ4n) is 3.30. The average Bonchev–Trinajstić information content (AvgIpc) is 2.77. The highest BCUT2D eigenvalue weighted by molar-refractivity contribution is 5.76. The van der Waals surface area contributed by atoms with E-state index in [1.54, 1.807) is 0 Å². The van der Waals surface area contributed by atoms with Crippen molar-refractivity contribution >= 4 is 5.91 Å². The van der Waals surface area contributed by atoms with Crippen LogP contribution in [0.3, 0.4) is 0 Å². The molecule has 1 aromatic heterocycles. The van der Waals surface area contributed by atoms with Crippen LogP contribution in [0.15, 0.2) is 12.4 Å². The molecule has 118 valence electrons. The third-order valence-electron chi connectivity index (χ3n) is 4.45. The average molecular weight is 291 g/mol. The molecule has 4 nitrogen and oxygen atoms in total. The summed E-state index contributed by atoms with van der Waals surface area (Å²) in [6.45, 7) is 9.26. The van der Waals surface area contributed by atoms with Crippen molar-refractivity contribution in [2.24, 2.45) is 0 Å². The first-order valence-corrected chi connectivity index (χ1v) is 8.39. The van der Waals surface area contributed by atoms with Gasteiger partial charge in [0.2, 0.25) is 5.91 Å². The highest BCUT2D eigenvalue weighted by atomic mass is 16.2. The summed E-state index contributed by atoms with van der Waals surface area (Å²) in [4.78, 5) is 14.1. The number of nitrogens with zero attached hydrogens (tertiary/aromatic N) is 2. The van der Waals surface area contributed by atoms with Crippen LogP contribution >= 0.6 is 0 Å². The van der Waals surface area contributed by atoms with E-state index in [1.165, 1.54) is 30.4 Å². The monoisotopic (exact) mass is 291 g/mol. The second kappa shape index (κ2) is 7.64. The van der Waals surface area contributed by atoms with Gasteiger partial charge in [0.25, 0.3) is 0 Å². The van der Waals surface area contributed by atoms with Gasteiger partial charge in [-0.15, -0.1) is 0 Å². The van der Waals surface area contributed by atoms with Crippen molar-refractivity contribution < 1.29 is 4.79 Å². The van der Waals surface area contributed by atoms with E-state index >= 15 is 0 Å². The van der Waals surface area contributed by atoms with Crippen LogP contribution in [0.5, 0.6) is 0 Å². The molecule has 0 aromatic carbocycles. The maximum Gasteiger partial charge on any atom is 0.242 e. The van der Waals surface area contributed by atoms with E-state index in [4.69, 9.17) is 0 Å². The molecular formula is C17H29N3O. The van der Waals surface area contributed by atoms with Crippen molar-refractivity contribution in [1.82, 2.24) is 14.8 Å². The van der Waals surface area contributed by atoms with Crippen molar-refractivity contribution in [2.75, 3.05) is 19.6 Å². The topological polar surface area (TPSA) is 37.3 Å². The van der Waals surface area contributed by atoms with Crippen molar-refractivity contribution in [3.05, 3.63) is 23.5 Å². The molecule has 0 radical (unpaired) electrons. The molecule has 1 atom stereocenters. The molecule has 0 fully saturated rings. The van der Waals surface area contributed by atoms with Crippen molar-refractivity contribution in [1.29, 1.82) is 0 Å². The summed E-state index contributed by atoms with van der Waals surface area (Å²) in [7, 11) is 0. The van der Waals surface area contributed by atoms with Crippen molar-refractivity contribution in [3.63, 3.8) is 0 Å². The van der Waals surface area contributed by atoms with Crippen molar-refractivity contribution in [3.8, 4) is 0 Å². The van der Waals surface area contributed by atoms with Gasteiger partial charge in [-0.05, 0) is 50.8 Å². The summed E-state index contributed by atoms with van der Waals surface area (Å²) in [6.07, 6.45) is 9.26. The molecule has 1 unspecified atom stereocenters. The number of fused-ring (bicyclic) bond motifs is 1. The normalized spacial score (nSPS) is 18.1. The molecule has 1 N–H and O–H groups in total. The summed E-state index contributed by atoms with van der Waals surface area (Å²) in [5.74, 6) is 0.213. The van der Waals surface area contributed by atoms with Crippen LogP contribution in [-0.2, 0) is 17.8 Å². The molecule has 0 saturated carbocycles. The quantitative estimate of drug-likeness (QED) is 0.818. The molecule has 1 aliphatic carbocycles. The first-order chi connectivity index (χ1) is 10.2. The van der Waals surface area contributed by atoms with Gasteiger partial charge in [-0.3, -0.25) is 4.79 Å². The second-order valence-corrected chi connectivity index (χ2v) is 5.83. The minimum atomic E-state index is 0.213. The predicted octanol–water partition coefficient (Wildman–Crippen LogP) is 2.73. The molecule has 0 spiro atoms. The Bertz CT molecular complexity index is 463. The Hall–Kier alpha value is -1.29. The van der Waals surface area contributed by atoms with E-state index in [1.807, 2.05) is 18.7 Å². The molecule has 1 heterocycles. The zero-order chi connectivity index (χ0) is 15.2. The number of aryl methyl sites for hydroxylation is 1. The van der Waals surface area contributed by atoms with Crippen LogP contribution in [0.2, 0.25) is 0 Å². The van der Waals surface area contributed by atoms with Gasteiger partial charge in [0.05, 0.1) is 0 Å². The lowest BCUT2D eigenvalue weighted by atomic mass is 10.0. The van der Waals surface area contributed by atoms with Gasteiger partial charge < -0.3 is 14.8 Å². The number of carbonyl (C=O) groups excluding carboxylic acids is 1. The van der Waals surface area contributed by atoms with Crippen LogP contribution in [0.1, 0.15) is 57.2 Å². The zero-order valence-electron chi connectivity index (χ0n) is 13.7. The first-order valence-electron chi connectivity index (χ1n) is 8.39. The molecule has 0 saturated heterocycles. The lowest BCUT2D eigenvalue weighted by Gasteiger charge is -2.19. The van der Waals surface area contributed by atoms with Gasteiger partial charge in [-0.1, -0.05) is 13.3 Å². The lowest BCUT2D eigenvalue weighted by Crippen LogP contribution is -2.33. The molecule has 21 heavy (non-hydrogen) atoms. The molecule has 2 rings (SSSR count). The zero-order valence-corrected chi connectivity index (χ0v) is 13.7. The fourth-order valence-corrected chi connectivity index (χ4v) is 3.30. The van der Waals surface area contributed by atoms with Crippen molar-refractivity contribution in [2.45, 2.75) is 59.0 Å². The highest BCUT2D eigenvalue weighted by Gasteiger charge is 2.20. The van der Waals surface area contributed by atoms with Crippen LogP contribution in [0, 0.1) is 0 Å². The van der Waals surface area contributed by atoms with Gasteiger partial charge in [-0.25, -0.2) is 0 Å². The van der Waals surface area contributed by atoms with E-state index in [0.717, 1.165) is 26.1 Å². The predicted molar refractivity (Wildman–Crippen MR) is 86.3 cm³/mol. The van der Waals surface area contributed by atoms with Crippen LogP contribution < -0.4 is 5.32 Å². The second-order valence-electron chi connectivity index (χ2n) is 5.83. The van der Waals surface area contributed by atoms with E-state index in [2.05, 4.69) is 29.2 Å². The minimum Gasteiger partial charge on any atom is -0.344 e. The molecule has 0 bridgehead atoms. The molecule has 1 amide bonds. The third kappa shape index (κ3) is 3.88. The third-order valence-corrected chi connectivity index (χ3v) is 4.45. The minimum absolute atomic E-state index is 0.213. The van der Waals surface area contributed by atoms with E-state index < -0.39 is 0 Å². The fraction of sp³-hybridized carbons (Fsp3) is 0.706. The van der Waals surface area contributed by atoms with Crippen LogP contribution in [0.4, 0.5) is 0 Å². The van der Waals surface area contributed by atoms with E-state index in [-0.39, 0.29) is 5.91 Å². The number of likely N-dealkylation sites (N-methyl/N-ethyl adjacent to an activating group) is 1. The largest absolute Gasteiger partial charge is 0.344 e. The highest BCUT2D eigenvalue weighted by Crippen LogP contribution is 2.29. The maximum absolute atomic E-state index is 12.3. The summed E-state index contributed by atoms with van der Waals surface area (Å²) >= 11 is 0. The summed E-state index contributed by atoms with van der Waals surface area (Å²) in [5, 5.41) is 3.58. The maximum atomic E-state index is 12.3. The number of rotatable bonds is 6. The first kappa shape index (κ1) is 16.1. The van der Waals surface area contributed by atoms with Crippen LogP contribution in [0.25, 0.3) is 0 Å². The number of nitrogens with one attached hydrogen (secondary N) is 1. The number of carbonyl (C=O) groups is 1. The van der Waals surface area contributed by atoms with Gasteiger partial charge in [0.1, 0.15) is 6.54 Å². The summed E-state index contributed by atoms with van der Waals surface area (Å²) in [5.41, 5.74) is 2.83. The number of amides is 1. The Morgan fingerprint density at radius 3 is 2.71 bits per heavy atom. The molecule has 1 aliphatic rings. The van der Waals surface area contributed by atoms with Gasteiger partial charge in [0.15, 0.2) is 0 Å². The Morgan fingerprint density at radius 2 is 2.05 bits per heavy atom. The number of hydrogen-bond acceptors (Lipinski definition) is 2. The Labute approximate surface area is 128 Å². The van der Waals surface area contributed by atoms with Gasteiger partial charge in [0, 0.05) is 31.5 Å². The lowest BCUT2D eigenvalue weighted by molar-refractivity contribution is -0.131. The standard InChI is InChI=1S/C17H29N3O/c1-4-18-16-10-8-7-9-14-11-19(12-15(14)16)13-17(21)20(5-2)6-3/h11-12,16,18H,4-10,13H2,1-3H3. The van der Waals surface area contributed by atoms with Crippen LogP contribution in [-0.4, -0.2) is 35.0 Å². The summed E-state index contributed by atoms with van der Waals surface area (Å²) < 4.78 is 2.08. The van der Waals surface area contributed by atoms with Gasteiger partial charge in [-0.2, -0.15) is 0 Å². The van der Waals surface area contributed by atoms with E-state index in [9.17, 15) is 4.79 Å². The molecule has 4 heteroatoms. The SMILES string of the molecule is CCNC1CCCCc2cn(CC(=O)N(CC)CC)cc21. The molecule has 0 aliphatic heterocycles. The Morgan fingerprint density at radius 1 is 1.29 bits per heavy atom. The number of hydrogen-bond donors (Lipinski definition) is 1. The smallest absolute Gasteiger partial charge is 0.242 e. The van der Waals surface area contributed by atoms with Gasteiger partial charge >= 0.3 is 0 Å². The van der Waals surface area contributed by atoms with E-state index in [0.29, 0.717) is 12.6 Å². The molecular weight excluding hydrogens is 262 g/mol. The Balaban J connectivity index is 2.13. The summed E-state index contributed by atoms with van der Waals surface area (Å²) in [6, 6.07) is 0.456. The molecule has 1 aromatic rings.